The van der Waals surface area contributed by atoms with E-state index in [9.17, 15) is 14.4 Å². The Morgan fingerprint density at radius 3 is 2.09 bits per heavy atom. The molecule has 4 aromatic rings. The van der Waals surface area contributed by atoms with Crippen LogP contribution in [0.4, 0.5) is 0 Å². The molecular weight excluding hydrogens is 454 g/mol. The molecule has 0 aliphatic rings. The van der Waals surface area contributed by atoms with Gasteiger partial charge in [-0.15, -0.1) is 0 Å². The number of nitrogens with zero attached hydrogens (tertiary/aromatic N) is 2. The Morgan fingerprint density at radius 2 is 1.40 bits per heavy atom. The predicted octanol–water partition coefficient (Wildman–Crippen LogP) is 2.50. The second kappa shape index (κ2) is 10.6. The summed E-state index contributed by atoms with van der Waals surface area (Å²) in [5.74, 6) is 1.69. The number of nitrogens with one attached hydrogen (secondary N) is 1. The summed E-state index contributed by atoms with van der Waals surface area (Å²) < 4.78 is 23.6. The van der Waals surface area contributed by atoms with E-state index in [-0.39, 0.29) is 23.7 Å². The van der Waals surface area contributed by atoms with Crippen LogP contribution < -0.4 is 31.3 Å². The third-order valence-corrected chi connectivity index (χ3v) is 5.02. The fourth-order valence-corrected chi connectivity index (χ4v) is 3.37. The van der Waals surface area contributed by atoms with Crippen LogP contribution in [0, 0.1) is 0 Å². The van der Waals surface area contributed by atoms with E-state index in [0.717, 1.165) is 9.13 Å². The summed E-state index contributed by atoms with van der Waals surface area (Å²) in [6.45, 7) is 0.524. The van der Waals surface area contributed by atoms with Crippen molar-refractivity contribution in [2.45, 2.75) is 0 Å². The van der Waals surface area contributed by atoms with Gasteiger partial charge in [0.2, 0.25) is 0 Å². The highest BCUT2D eigenvalue weighted by molar-refractivity contribution is 5.50. The molecule has 1 heterocycles. The minimum atomic E-state index is -0.890. The third kappa shape index (κ3) is 5.17. The molecule has 35 heavy (non-hydrogen) atoms. The van der Waals surface area contributed by atoms with Crippen molar-refractivity contribution >= 4 is 0 Å². The van der Waals surface area contributed by atoms with Gasteiger partial charge in [-0.3, -0.25) is 4.98 Å². The first-order valence-electron chi connectivity index (χ1n) is 10.6. The molecule has 0 saturated heterocycles. The zero-order valence-electron chi connectivity index (χ0n) is 19.1. The molecule has 0 aliphatic heterocycles. The number of aromatic nitrogens is 3. The summed E-state index contributed by atoms with van der Waals surface area (Å²) in [4.78, 5) is 40.8. The van der Waals surface area contributed by atoms with Gasteiger partial charge in [0.25, 0.3) is 0 Å². The van der Waals surface area contributed by atoms with E-state index in [2.05, 4.69) is 4.98 Å². The van der Waals surface area contributed by atoms with Gasteiger partial charge in [-0.1, -0.05) is 24.3 Å². The lowest BCUT2D eigenvalue weighted by Gasteiger charge is -2.15. The molecule has 0 bridgehead atoms. The summed E-state index contributed by atoms with van der Waals surface area (Å²) in [6, 6.07) is 20.1. The Labute approximate surface area is 199 Å². The number of rotatable bonds is 9. The molecule has 10 nitrogen and oxygen atoms in total. The zero-order chi connectivity index (χ0) is 24.8. The van der Waals surface area contributed by atoms with Crippen molar-refractivity contribution in [2.24, 2.45) is 0 Å². The molecule has 3 aromatic carbocycles. The Morgan fingerprint density at radius 1 is 0.714 bits per heavy atom. The molecule has 0 atom stereocenters. The maximum atomic E-state index is 13.3. The molecule has 0 saturated carbocycles. The van der Waals surface area contributed by atoms with E-state index in [1.807, 2.05) is 18.2 Å². The van der Waals surface area contributed by atoms with Crippen LogP contribution in [0.25, 0.3) is 11.4 Å². The standard InChI is InChI=1S/C25H23N3O7/c1-32-13-14-34-22-16-18(11-12-21(22)35-19-8-4-3-5-9-19)28-24(30)26-23(29)27(25(28)31)17-7-6-10-20(15-17)33-2/h3-12,15-16H,13-14H2,1-2H3,(H,26,29,30). The monoisotopic (exact) mass is 477 g/mol. The van der Waals surface area contributed by atoms with Crippen LogP contribution in [0.3, 0.4) is 0 Å². The summed E-state index contributed by atoms with van der Waals surface area (Å²) >= 11 is 0. The number of aromatic amines is 1. The molecule has 4 rings (SSSR count). The fraction of sp³-hybridized carbons (Fsp3) is 0.160. The number of para-hydroxylation sites is 1. The quantitative estimate of drug-likeness (QED) is 0.369. The molecule has 0 aliphatic carbocycles. The number of methoxy groups -OCH3 is 2. The molecular formula is C25H23N3O7. The molecule has 1 aromatic heterocycles. The van der Waals surface area contributed by atoms with Crippen LogP contribution in [0.15, 0.2) is 87.2 Å². The SMILES string of the molecule is COCCOc1cc(-n2c(=O)[nH]c(=O)n(-c3cccc(OC)c3)c2=O)ccc1Oc1ccccc1. The maximum Gasteiger partial charge on any atom is 0.345 e. The lowest BCUT2D eigenvalue weighted by molar-refractivity contribution is 0.144. The molecule has 0 radical (unpaired) electrons. The number of hydrogen-bond acceptors (Lipinski definition) is 7. The van der Waals surface area contributed by atoms with Gasteiger partial charge in [0.05, 0.1) is 25.1 Å². The van der Waals surface area contributed by atoms with E-state index in [1.54, 1.807) is 43.5 Å². The summed E-state index contributed by atoms with van der Waals surface area (Å²) in [5.41, 5.74) is -2.19. The lowest BCUT2D eigenvalue weighted by atomic mass is 10.2. The smallest absolute Gasteiger partial charge is 0.345 e. The van der Waals surface area contributed by atoms with Gasteiger partial charge in [0.15, 0.2) is 11.5 Å². The number of ether oxygens (including phenoxy) is 4. The highest BCUT2D eigenvalue weighted by atomic mass is 16.5. The van der Waals surface area contributed by atoms with Gasteiger partial charge in [0, 0.05) is 19.2 Å². The molecule has 0 spiro atoms. The van der Waals surface area contributed by atoms with Crippen LogP contribution in [0.2, 0.25) is 0 Å². The van der Waals surface area contributed by atoms with Gasteiger partial charge in [-0.05, 0) is 36.4 Å². The van der Waals surface area contributed by atoms with Crippen LogP contribution in [-0.4, -0.2) is 41.6 Å². The summed E-state index contributed by atoms with van der Waals surface area (Å²) in [5, 5.41) is 0. The van der Waals surface area contributed by atoms with Gasteiger partial charge in [0.1, 0.15) is 18.1 Å². The number of H-pyrrole nitrogens is 1. The van der Waals surface area contributed by atoms with Crippen LogP contribution >= 0.6 is 0 Å². The first kappa shape index (κ1) is 23.6. The van der Waals surface area contributed by atoms with Crippen molar-refractivity contribution in [3.8, 4) is 34.4 Å². The van der Waals surface area contributed by atoms with Gasteiger partial charge < -0.3 is 18.9 Å². The van der Waals surface area contributed by atoms with Crippen molar-refractivity contribution in [2.75, 3.05) is 27.4 Å². The van der Waals surface area contributed by atoms with E-state index < -0.39 is 17.1 Å². The van der Waals surface area contributed by atoms with Crippen molar-refractivity contribution in [1.82, 2.24) is 14.1 Å². The van der Waals surface area contributed by atoms with E-state index >= 15 is 0 Å². The highest BCUT2D eigenvalue weighted by Crippen LogP contribution is 2.33. The Bertz CT molecular complexity index is 1490. The molecule has 0 fully saturated rings. The van der Waals surface area contributed by atoms with E-state index in [4.69, 9.17) is 18.9 Å². The molecule has 1 N–H and O–H groups in total. The average molecular weight is 477 g/mol. The van der Waals surface area contributed by atoms with Gasteiger partial charge >= 0.3 is 17.1 Å². The van der Waals surface area contributed by atoms with Crippen molar-refractivity contribution in [3.05, 3.63) is 104 Å². The predicted molar refractivity (Wildman–Crippen MR) is 129 cm³/mol. The fourth-order valence-electron chi connectivity index (χ4n) is 3.37. The second-order valence-electron chi connectivity index (χ2n) is 7.28. The Kier molecular flexibility index (Phi) is 7.12. The first-order chi connectivity index (χ1) is 17.0. The largest absolute Gasteiger partial charge is 0.497 e. The van der Waals surface area contributed by atoms with Crippen LogP contribution in [-0.2, 0) is 4.74 Å². The van der Waals surface area contributed by atoms with Crippen molar-refractivity contribution < 1.29 is 18.9 Å². The molecule has 10 heteroatoms. The minimum Gasteiger partial charge on any atom is -0.497 e. The summed E-state index contributed by atoms with van der Waals surface area (Å²) in [6.07, 6.45) is 0. The van der Waals surface area contributed by atoms with Crippen LogP contribution in [0.1, 0.15) is 0 Å². The topological polar surface area (TPSA) is 114 Å². The Hall–Kier alpha value is -4.57. The first-order valence-corrected chi connectivity index (χ1v) is 10.6. The van der Waals surface area contributed by atoms with Crippen molar-refractivity contribution in [3.63, 3.8) is 0 Å². The number of hydrogen-bond donors (Lipinski definition) is 1. The maximum absolute atomic E-state index is 13.3. The van der Waals surface area contributed by atoms with E-state index in [0.29, 0.717) is 23.9 Å². The average Bonchev–Trinajstić information content (AvgIpc) is 2.86. The number of benzene rings is 3. The highest BCUT2D eigenvalue weighted by Gasteiger charge is 2.16. The Balaban J connectivity index is 1.83. The van der Waals surface area contributed by atoms with Crippen molar-refractivity contribution in [1.29, 1.82) is 0 Å². The van der Waals surface area contributed by atoms with Gasteiger partial charge in [-0.2, -0.15) is 0 Å². The molecule has 0 amide bonds. The normalized spacial score (nSPS) is 10.7. The minimum absolute atomic E-state index is 0.181. The molecule has 0 unspecified atom stereocenters. The van der Waals surface area contributed by atoms with Crippen LogP contribution in [0.5, 0.6) is 23.0 Å². The third-order valence-electron chi connectivity index (χ3n) is 5.02. The van der Waals surface area contributed by atoms with E-state index in [1.165, 1.54) is 25.3 Å². The second-order valence-corrected chi connectivity index (χ2v) is 7.28. The molecule has 180 valence electrons. The van der Waals surface area contributed by atoms with Gasteiger partial charge in [-0.25, -0.2) is 23.5 Å². The zero-order valence-corrected chi connectivity index (χ0v) is 19.1. The lowest BCUT2D eigenvalue weighted by Crippen LogP contribution is -2.48. The summed E-state index contributed by atoms with van der Waals surface area (Å²) in [7, 11) is 3.01.